The number of carbonyl (C=O) groups excluding carboxylic acids is 1. The van der Waals surface area contributed by atoms with E-state index in [1.54, 1.807) is 0 Å². The molecule has 0 saturated carbocycles. The number of para-hydroxylation sites is 2. The maximum absolute atomic E-state index is 12.6. The van der Waals surface area contributed by atoms with Gasteiger partial charge in [-0.3, -0.25) is 4.79 Å². The van der Waals surface area contributed by atoms with Gasteiger partial charge in [0.25, 0.3) is 0 Å². The summed E-state index contributed by atoms with van der Waals surface area (Å²) in [4.78, 5) is 12.6. The van der Waals surface area contributed by atoms with Crippen molar-refractivity contribution >= 4 is 28.4 Å². The minimum absolute atomic E-state index is 0.0271. The molecule has 0 unspecified atom stereocenters. The van der Waals surface area contributed by atoms with Crippen molar-refractivity contribution in [2.24, 2.45) is 0 Å². The highest BCUT2D eigenvalue weighted by Gasteiger charge is 2.12. The number of benzene rings is 3. The normalized spacial score (nSPS) is 10.9. The predicted molar refractivity (Wildman–Crippen MR) is 130 cm³/mol. The Labute approximate surface area is 193 Å². The van der Waals surface area contributed by atoms with Crippen LogP contribution in [0.25, 0.3) is 10.9 Å². The Morgan fingerprint density at radius 3 is 2.47 bits per heavy atom. The summed E-state index contributed by atoms with van der Waals surface area (Å²) in [5.41, 5.74) is 4.37. The van der Waals surface area contributed by atoms with Gasteiger partial charge in [-0.1, -0.05) is 66.2 Å². The minimum atomic E-state index is 0.0271. The van der Waals surface area contributed by atoms with Gasteiger partial charge in [0.1, 0.15) is 5.75 Å². The molecule has 0 aliphatic heterocycles. The van der Waals surface area contributed by atoms with E-state index >= 15 is 0 Å². The Kier molecular flexibility index (Phi) is 7.13. The number of carbonyl (C=O) groups is 1. The van der Waals surface area contributed by atoms with Gasteiger partial charge in [-0.25, -0.2) is 0 Å². The zero-order chi connectivity index (χ0) is 22.3. The van der Waals surface area contributed by atoms with Gasteiger partial charge in [0.2, 0.25) is 5.91 Å². The Balaban J connectivity index is 1.43. The lowest BCUT2D eigenvalue weighted by Gasteiger charge is -2.11. The standard InChI is InChI=1S/C27H27ClN2O2/c1-2-32-26-14-8-4-9-20(26)17-29-27(31)16-15-21-18-30(25-13-7-5-11-23(21)25)19-22-10-3-6-12-24(22)28/h3-14,18H,2,15-17,19H2,1H3,(H,29,31). The molecule has 4 nitrogen and oxygen atoms in total. The van der Waals surface area contributed by atoms with E-state index in [1.165, 1.54) is 5.39 Å². The molecule has 0 spiro atoms. The molecule has 5 heteroatoms. The quantitative estimate of drug-likeness (QED) is 0.343. The van der Waals surface area contributed by atoms with Crippen LogP contribution in [0.2, 0.25) is 5.02 Å². The molecule has 1 heterocycles. The van der Waals surface area contributed by atoms with E-state index in [0.29, 0.717) is 32.5 Å². The number of hydrogen-bond acceptors (Lipinski definition) is 2. The Hall–Kier alpha value is -3.24. The minimum Gasteiger partial charge on any atom is -0.494 e. The third-order valence-corrected chi connectivity index (χ3v) is 5.91. The van der Waals surface area contributed by atoms with Crippen LogP contribution in [0.5, 0.6) is 5.75 Å². The fourth-order valence-corrected chi connectivity index (χ4v) is 4.14. The monoisotopic (exact) mass is 446 g/mol. The number of rotatable bonds is 9. The number of amides is 1. The Bertz CT molecular complexity index is 1220. The largest absolute Gasteiger partial charge is 0.494 e. The van der Waals surface area contributed by atoms with E-state index in [4.69, 9.17) is 16.3 Å². The van der Waals surface area contributed by atoms with E-state index in [1.807, 2.05) is 67.6 Å². The molecule has 1 aromatic heterocycles. The van der Waals surface area contributed by atoms with Crippen molar-refractivity contribution in [3.63, 3.8) is 0 Å². The number of ether oxygens (including phenoxy) is 1. The van der Waals surface area contributed by atoms with E-state index in [0.717, 1.165) is 33.0 Å². The molecule has 0 aliphatic carbocycles. The van der Waals surface area contributed by atoms with Gasteiger partial charge >= 0.3 is 0 Å². The van der Waals surface area contributed by atoms with Crippen LogP contribution in [-0.2, 0) is 24.3 Å². The summed E-state index contributed by atoms with van der Waals surface area (Å²) in [6.07, 6.45) is 3.25. The maximum Gasteiger partial charge on any atom is 0.220 e. The van der Waals surface area contributed by atoms with Gasteiger partial charge < -0.3 is 14.6 Å². The molecule has 0 bridgehead atoms. The van der Waals surface area contributed by atoms with Crippen LogP contribution in [0.15, 0.2) is 79.0 Å². The van der Waals surface area contributed by atoms with E-state index in [9.17, 15) is 4.79 Å². The van der Waals surface area contributed by atoms with Crippen LogP contribution in [0.1, 0.15) is 30.0 Å². The number of aryl methyl sites for hydroxylation is 1. The van der Waals surface area contributed by atoms with Crippen LogP contribution in [0.4, 0.5) is 0 Å². The van der Waals surface area contributed by atoms with Crippen LogP contribution in [0, 0.1) is 0 Å². The van der Waals surface area contributed by atoms with Crippen LogP contribution < -0.4 is 10.1 Å². The number of hydrogen-bond donors (Lipinski definition) is 1. The van der Waals surface area contributed by atoms with Gasteiger partial charge in [-0.05, 0) is 42.7 Å². The molecule has 0 radical (unpaired) electrons. The second kappa shape index (κ2) is 10.4. The number of halogens is 1. The van der Waals surface area contributed by atoms with Crippen molar-refractivity contribution in [3.05, 3.63) is 101 Å². The first-order valence-electron chi connectivity index (χ1n) is 10.9. The molecule has 4 rings (SSSR count). The first-order valence-corrected chi connectivity index (χ1v) is 11.3. The summed E-state index contributed by atoms with van der Waals surface area (Å²) in [5, 5.41) is 4.96. The van der Waals surface area contributed by atoms with Gasteiger partial charge in [-0.15, -0.1) is 0 Å². The third-order valence-electron chi connectivity index (χ3n) is 5.54. The molecule has 0 fully saturated rings. The van der Waals surface area contributed by atoms with Gasteiger partial charge in [0, 0.05) is 47.2 Å². The molecule has 32 heavy (non-hydrogen) atoms. The van der Waals surface area contributed by atoms with E-state index < -0.39 is 0 Å². The summed E-state index contributed by atoms with van der Waals surface area (Å²) >= 11 is 6.38. The average Bonchev–Trinajstić information content (AvgIpc) is 3.16. The lowest BCUT2D eigenvalue weighted by atomic mass is 10.1. The summed E-state index contributed by atoms with van der Waals surface area (Å²) in [6.45, 7) is 3.71. The van der Waals surface area contributed by atoms with Gasteiger partial charge in [0.15, 0.2) is 0 Å². The Morgan fingerprint density at radius 2 is 1.66 bits per heavy atom. The molecule has 4 aromatic rings. The SMILES string of the molecule is CCOc1ccccc1CNC(=O)CCc1cn(Cc2ccccc2Cl)c2ccccc12. The molecule has 1 N–H and O–H groups in total. The predicted octanol–water partition coefficient (Wildman–Crippen LogP) is 5.99. The van der Waals surface area contributed by atoms with E-state index in [2.05, 4.69) is 28.2 Å². The van der Waals surface area contributed by atoms with Crippen molar-refractivity contribution in [2.45, 2.75) is 32.9 Å². The van der Waals surface area contributed by atoms with Crippen molar-refractivity contribution < 1.29 is 9.53 Å². The fourth-order valence-electron chi connectivity index (χ4n) is 3.94. The first kappa shape index (κ1) is 22.0. The van der Waals surface area contributed by atoms with Crippen molar-refractivity contribution in [3.8, 4) is 5.75 Å². The molecule has 0 aliphatic rings. The van der Waals surface area contributed by atoms with Crippen molar-refractivity contribution in [1.82, 2.24) is 9.88 Å². The highest BCUT2D eigenvalue weighted by atomic mass is 35.5. The third kappa shape index (κ3) is 5.14. The second-order valence-corrected chi connectivity index (χ2v) is 8.12. The molecule has 0 saturated heterocycles. The summed E-state index contributed by atoms with van der Waals surface area (Å²) in [6, 6.07) is 24.0. The molecular formula is C27H27ClN2O2. The number of aromatic nitrogens is 1. The van der Waals surface area contributed by atoms with E-state index in [-0.39, 0.29) is 5.91 Å². The Morgan fingerprint density at radius 1 is 0.938 bits per heavy atom. The summed E-state index contributed by atoms with van der Waals surface area (Å²) in [5.74, 6) is 0.845. The summed E-state index contributed by atoms with van der Waals surface area (Å²) < 4.78 is 7.85. The van der Waals surface area contributed by atoms with Crippen LogP contribution >= 0.6 is 11.6 Å². The zero-order valence-electron chi connectivity index (χ0n) is 18.2. The molecular weight excluding hydrogens is 420 g/mol. The highest BCUT2D eigenvalue weighted by molar-refractivity contribution is 6.31. The number of fused-ring (bicyclic) bond motifs is 1. The highest BCUT2D eigenvalue weighted by Crippen LogP contribution is 2.25. The lowest BCUT2D eigenvalue weighted by molar-refractivity contribution is -0.121. The lowest BCUT2D eigenvalue weighted by Crippen LogP contribution is -2.23. The molecule has 3 aromatic carbocycles. The number of nitrogens with zero attached hydrogens (tertiary/aromatic N) is 1. The topological polar surface area (TPSA) is 43.3 Å². The van der Waals surface area contributed by atoms with Gasteiger partial charge in [0.05, 0.1) is 6.61 Å². The average molecular weight is 447 g/mol. The van der Waals surface area contributed by atoms with Crippen LogP contribution in [0.3, 0.4) is 0 Å². The number of nitrogens with one attached hydrogen (secondary N) is 1. The van der Waals surface area contributed by atoms with Crippen molar-refractivity contribution in [1.29, 1.82) is 0 Å². The fraction of sp³-hybridized carbons (Fsp3) is 0.222. The van der Waals surface area contributed by atoms with Crippen molar-refractivity contribution in [2.75, 3.05) is 6.61 Å². The first-order chi connectivity index (χ1) is 15.7. The summed E-state index contributed by atoms with van der Waals surface area (Å²) in [7, 11) is 0. The molecule has 164 valence electrons. The maximum atomic E-state index is 12.6. The molecule has 0 atom stereocenters. The van der Waals surface area contributed by atoms with Gasteiger partial charge in [-0.2, -0.15) is 0 Å². The smallest absolute Gasteiger partial charge is 0.220 e. The van der Waals surface area contributed by atoms with Crippen LogP contribution in [-0.4, -0.2) is 17.1 Å². The molecule has 1 amide bonds. The zero-order valence-corrected chi connectivity index (χ0v) is 18.9. The second-order valence-electron chi connectivity index (χ2n) is 7.71.